The molecule has 0 atom stereocenters. The summed E-state index contributed by atoms with van der Waals surface area (Å²) in [4.78, 5) is 12.1. The molecule has 0 amide bonds. The van der Waals surface area contributed by atoms with Gasteiger partial charge in [-0.15, -0.1) is 0 Å². The van der Waals surface area contributed by atoms with Crippen molar-refractivity contribution < 1.29 is 19.0 Å². The summed E-state index contributed by atoms with van der Waals surface area (Å²) >= 11 is 0. The Morgan fingerprint density at radius 3 is 2.26 bits per heavy atom. The SMILES string of the molecule is COC1(OC)CC(C)(C(=O)OCc2ccccc2)C1. The molecular weight excluding hydrogens is 244 g/mol. The van der Waals surface area contributed by atoms with Gasteiger partial charge in [-0.1, -0.05) is 30.3 Å². The van der Waals surface area contributed by atoms with Crippen LogP contribution in [0.5, 0.6) is 0 Å². The summed E-state index contributed by atoms with van der Waals surface area (Å²) in [6.07, 6.45) is 1.06. The van der Waals surface area contributed by atoms with Crippen LogP contribution in [0.25, 0.3) is 0 Å². The third-order valence-electron chi connectivity index (χ3n) is 3.77. The van der Waals surface area contributed by atoms with Crippen molar-refractivity contribution in [3.63, 3.8) is 0 Å². The highest BCUT2D eigenvalue weighted by atomic mass is 16.7. The Kier molecular flexibility index (Phi) is 3.92. The number of esters is 1. The Labute approximate surface area is 113 Å². The molecule has 19 heavy (non-hydrogen) atoms. The number of methoxy groups -OCH3 is 2. The number of hydrogen-bond donors (Lipinski definition) is 0. The number of carbonyl (C=O) groups is 1. The van der Waals surface area contributed by atoms with Gasteiger partial charge in [-0.2, -0.15) is 0 Å². The van der Waals surface area contributed by atoms with Crippen LogP contribution in [-0.4, -0.2) is 26.0 Å². The maximum Gasteiger partial charge on any atom is 0.312 e. The fourth-order valence-corrected chi connectivity index (χ4v) is 2.55. The van der Waals surface area contributed by atoms with Crippen LogP contribution < -0.4 is 0 Å². The second kappa shape index (κ2) is 5.31. The third-order valence-corrected chi connectivity index (χ3v) is 3.77. The van der Waals surface area contributed by atoms with Gasteiger partial charge in [0.15, 0.2) is 5.79 Å². The first-order chi connectivity index (χ1) is 9.03. The highest BCUT2D eigenvalue weighted by Crippen LogP contribution is 2.51. The molecule has 0 unspecified atom stereocenters. The van der Waals surface area contributed by atoms with Crippen molar-refractivity contribution in [2.75, 3.05) is 14.2 Å². The van der Waals surface area contributed by atoms with Crippen molar-refractivity contribution in [3.05, 3.63) is 35.9 Å². The van der Waals surface area contributed by atoms with E-state index in [9.17, 15) is 4.79 Å². The van der Waals surface area contributed by atoms with Crippen molar-refractivity contribution in [3.8, 4) is 0 Å². The van der Waals surface area contributed by atoms with Crippen molar-refractivity contribution in [1.82, 2.24) is 0 Å². The first-order valence-corrected chi connectivity index (χ1v) is 6.35. The molecule has 0 saturated heterocycles. The van der Waals surface area contributed by atoms with E-state index >= 15 is 0 Å². The monoisotopic (exact) mass is 264 g/mol. The molecule has 0 N–H and O–H groups in total. The minimum Gasteiger partial charge on any atom is -0.460 e. The van der Waals surface area contributed by atoms with Gasteiger partial charge in [-0.05, 0) is 12.5 Å². The number of benzene rings is 1. The summed E-state index contributed by atoms with van der Waals surface area (Å²) < 4.78 is 16.0. The Morgan fingerprint density at radius 2 is 1.74 bits per heavy atom. The molecular formula is C15H20O4. The van der Waals surface area contributed by atoms with Crippen LogP contribution in [0.15, 0.2) is 30.3 Å². The lowest BCUT2D eigenvalue weighted by Crippen LogP contribution is -2.56. The molecule has 0 spiro atoms. The summed E-state index contributed by atoms with van der Waals surface area (Å²) in [7, 11) is 3.19. The van der Waals surface area contributed by atoms with Crippen LogP contribution in [0.2, 0.25) is 0 Å². The highest BCUT2D eigenvalue weighted by Gasteiger charge is 2.58. The number of rotatable bonds is 5. The largest absolute Gasteiger partial charge is 0.460 e. The van der Waals surface area contributed by atoms with E-state index in [4.69, 9.17) is 14.2 Å². The molecule has 1 fully saturated rings. The molecule has 1 aromatic rings. The van der Waals surface area contributed by atoms with Gasteiger partial charge in [0.05, 0.1) is 5.41 Å². The van der Waals surface area contributed by atoms with Gasteiger partial charge in [0.25, 0.3) is 0 Å². The maximum absolute atomic E-state index is 12.1. The smallest absolute Gasteiger partial charge is 0.312 e. The zero-order valence-electron chi connectivity index (χ0n) is 11.6. The minimum atomic E-state index is -0.624. The van der Waals surface area contributed by atoms with Gasteiger partial charge in [0.2, 0.25) is 0 Å². The highest BCUT2D eigenvalue weighted by molar-refractivity contribution is 5.78. The van der Waals surface area contributed by atoms with Crippen LogP contribution >= 0.6 is 0 Å². The number of ether oxygens (including phenoxy) is 3. The zero-order chi connectivity index (χ0) is 13.9. The Balaban J connectivity index is 1.88. The quantitative estimate of drug-likeness (QED) is 0.605. The number of carbonyl (C=O) groups excluding carboxylic acids is 1. The van der Waals surface area contributed by atoms with Gasteiger partial charge in [0.1, 0.15) is 6.61 Å². The van der Waals surface area contributed by atoms with E-state index in [1.54, 1.807) is 14.2 Å². The van der Waals surface area contributed by atoms with E-state index in [0.717, 1.165) is 5.56 Å². The van der Waals surface area contributed by atoms with Crippen LogP contribution in [-0.2, 0) is 25.6 Å². The molecule has 104 valence electrons. The molecule has 0 radical (unpaired) electrons. The molecule has 4 heteroatoms. The Bertz CT molecular complexity index is 429. The average Bonchev–Trinajstić information content (AvgIpc) is 2.42. The van der Waals surface area contributed by atoms with Crippen molar-refractivity contribution in [2.24, 2.45) is 5.41 Å². The third kappa shape index (κ3) is 2.80. The number of hydrogen-bond acceptors (Lipinski definition) is 4. The molecule has 1 saturated carbocycles. The van der Waals surface area contributed by atoms with Gasteiger partial charge in [0, 0.05) is 27.1 Å². The van der Waals surface area contributed by atoms with Crippen LogP contribution in [0.3, 0.4) is 0 Å². The summed E-state index contributed by atoms with van der Waals surface area (Å²) in [6.45, 7) is 2.19. The topological polar surface area (TPSA) is 44.8 Å². The fraction of sp³-hybridized carbons (Fsp3) is 0.533. The molecule has 1 aromatic carbocycles. The van der Waals surface area contributed by atoms with E-state index in [0.29, 0.717) is 19.4 Å². The molecule has 1 aliphatic rings. The molecule has 0 heterocycles. The minimum absolute atomic E-state index is 0.193. The first-order valence-electron chi connectivity index (χ1n) is 6.35. The van der Waals surface area contributed by atoms with Crippen LogP contribution in [0.4, 0.5) is 0 Å². The zero-order valence-corrected chi connectivity index (χ0v) is 11.6. The fourth-order valence-electron chi connectivity index (χ4n) is 2.55. The molecule has 0 aromatic heterocycles. The normalized spacial score (nSPS) is 19.5. The standard InChI is InChI=1S/C15H20O4/c1-14(10-15(11-14,17-2)18-3)13(16)19-9-12-7-5-4-6-8-12/h4-8H,9-11H2,1-3H3. The first kappa shape index (κ1) is 14.0. The Morgan fingerprint density at radius 1 is 1.16 bits per heavy atom. The molecule has 1 aliphatic carbocycles. The average molecular weight is 264 g/mol. The molecule has 4 nitrogen and oxygen atoms in total. The summed E-state index contributed by atoms with van der Waals surface area (Å²) in [6, 6.07) is 9.66. The molecule has 0 bridgehead atoms. The van der Waals surface area contributed by atoms with Crippen molar-refractivity contribution in [1.29, 1.82) is 0 Å². The van der Waals surface area contributed by atoms with Gasteiger partial charge in [-0.25, -0.2) is 0 Å². The summed E-state index contributed by atoms with van der Waals surface area (Å²) in [5.74, 6) is -0.818. The molecule has 2 rings (SSSR count). The lowest BCUT2D eigenvalue weighted by atomic mass is 9.65. The lowest BCUT2D eigenvalue weighted by Gasteiger charge is -2.50. The van der Waals surface area contributed by atoms with Gasteiger partial charge < -0.3 is 14.2 Å². The van der Waals surface area contributed by atoms with E-state index in [2.05, 4.69) is 0 Å². The second-order valence-electron chi connectivity index (χ2n) is 5.29. The Hall–Kier alpha value is -1.39. The summed E-state index contributed by atoms with van der Waals surface area (Å²) in [5.41, 5.74) is 0.476. The van der Waals surface area contributed by atoms with E-state index in [1.165, 1.54) is 0 Å². The summed E-state index contributed by atoms with van der Waals surface area (Å²) in [5, 5.41) is 0. The van der Waals surface area contributed by atoms with Gasteiger partial charge in [-0.3, -0.25) is 4.79 Å². The van der Waals surface area contributed by atoms with Crippen LogP contribution in [0, 0.1) is 5.41 Å². The van der Waals surface area contributed by atoms with Crippen molar-refractivity contribution >= 4 is 5.97 Å². The predicted molar refractivity (Wildman–Crippen MR) is 70.3 cm³/mol. The second-order valence-corrected chi connectivity index (χ2v) is 5.29. The van der Waals surface area contributed by atoms with Crippen molar-refractivity contribution in [2.45, 2.75) is 32.2 Å². The maximum atomic E-state index is 12.1. The van der Waals surface area contributed by atoms with E-state index < -0.39 is 11.2 Å². The lowest BCUT2D eigenvalue weighted by molar-refractivity contribution is -0.292. The van der Waals surface area contributed by atoms with E-state index in [-0.39, 0.29) is 5.97 Å². The molecule has 0 aliphatic heterocycles. The predicted octanol–water partition coefficient (Wildman–Crippen LogP) is 2.52. The van der Waals surface area contributed by atoms with Crippen LogP contribution in [0.1, 0.15) is 25.3 Å². The van der Waals surface area contributed by atoms with Gasteiger partial charge >= 0.3 is 5.97 Å². The van der Waals surface area contributed by atoms with E-state index in [1.807, 2.05) is 37.3 Å².